The number of carboxylic acid groups (broad SMARTS) is 1. The van der Waals surface area contributed by atoms with Gasteiger partial charge in [-0.05, 0) is 31.2 Å². The van der Waals surface area contributed by atoms with Crippen molar-refractivity contribution in [3.8, 4) is 11.4 Å². The Morgan fingerprint density at radius 2 is 2.06 bits per heavy atom. The average molecular weight is 235 g/mol. The van der Waals surface area contributed by atoms with Crippen LogP contribution >= 0.6 is 0 Å². The Balaban J connectivity index is 2.29. The van der Waals surface area contributed by atoms with Crippen LogP contribution in [0.4, 0.5) is 4.39 Å². The van der Waals surface area contributed by atoms with Crippen LogP contribution in [0.2, 0.25) is 0 Å². The van der Waals surface area contributed by atoms with Gasteiger partial charge in [0.1, 0.15) is 17.6 Å². The fraction of sp³-hybridized carbons (Fsp3) is 0.182. The lowest BCUT2D eigenvalue weighted by Crippen LogP contribution is -2.08. The molecular weight excluding hydrogens is 225 g/mol. The van der Waals surface area contributed by atoms with Crippen molar-refractivity contribution in [1.29, 1.82) is 0 Å². The fourth-order valence-corrected chi connectivity index (χ4v) is 1.31. The highest BCUT2D eigenvalue weighted by Gasteiger charge is 2.18. The molecule has 0 bridgehead atoms. The smallest absolute Gasteiger partial charge is 0.313 e. The molecule has 2 N–H and O–H groups in total. The first-order valence-electron chi connectivity index (χ1n) is 4.99. The molecule has 0 spiro atoms. The summed E-state index contributed by atoms with van der Waals surface area (Å²) in [4.78, 5) is 14.8. The van der Waals surface area contributed by atoms with Crippen LogP contribution in [0, 0.1) is 5.82 Å². The molecule has 1 heterocycles. The highest BCUT2D eigenvalue weighted by molar-refractivity contribution is 5.74. The Hall–Kier alpha value is -2.24. The van der Waals surface area contributed by atoms with Crippen LogP contribution in [0.25, 0.3) is 11.4 Å². The van der Waals surface area contributed by atoms with Crippen LogP contribution < -0.4 is 0 Å². The number of aliphatic carboxylic acids is 1. The third-order valence-corrected chi connectivity index (χ3v) is 2.39. The first-order valence-corrected chi connectivity index (χ1v) is 4.99. The molecule has 0 aliphatic heterocycles. The van der Waals surface area contributed by atoms with Crippen LogP contribution in [-0.2, 0) is 4.79 Å². The number of aromatic nitrogens is 3. The van der Waals surface area contributed by atoms with Gasteiger partial charge in [-0.1, -0.05) is 0 Å². The zero-order chi connectivity index (χ0) is 12.4. The van der Waals surface area contributed by atoms with Gasteiger partial charge in [-0.2, -0.15) is 5.10 Å². The van der Waals surface area contributed by atoms with Crippen molar-refractivity contribution in [2.45, 2.75) is 12.8 Å². The number of H-pyrrole nitrogens is 1. The summed E-state index contributed by atoms with van der Waals surface area (Å²) in [6.45, 7) is 1.51. The van der Waals surface area contributed by atoms with Gasteiger partial charge in [0.15, 0.2) is 5.82 Å². The van der Waals surface area contributed by atoms with Crippen LogP contribution in [0.5, 0.6) is 0 Å². The Kier molecular flexibility index (Phi) is 2.86. The zero-order valence-corrected chi connectivity index (χ0v) is 9.01. The molecule has 1 aromatic heterocycles. The second-order valence-corrected chi connectivity index (χ2v) is 3.61. The largest absolute Gasteiger partial charge is 0.481 e. The molecule has 88 valence electrons. The number of aromatic amines is 1. The van der Waals surface area contributed by atoms with Crippen molar-refractivity contribution in [1.82, 2.24) is 15.2 Å². The molecule has 5 nitrogen and oxygen atoms in total. The predicted octanol–water partition coefficient (Wildman–Crippen LogP) is 1.80. The second kappa shape index (κ2) is 4.32. The van der Waals surface area contributed by atoms with E-state index in [1.807, 2.05) is 0 Å². The van der Waals surface area contributed by atoms with Crippen LogP contribution in [-0.4, -0.2) is 26.3 Å². The van der Waals surface area contributed by atoms with Gasteiger partial charge in [-0.25, -0.2) is 9.37 Å². The van der Waals surface area contributed by atoms with Gasteiger partial charge < -0.3 is 5.11 Å². The molecule has 0 fully saturated rings. The number of hydrogen-bond donors (Lipinski definition) is 2. The molecule has 2 rings (SSSR count). The van der Waals surface area contributed by atoms with E-state index in [9.17, 15) is 9.18 Å². The predicted molar refractivity (Wildman–Crippen MR) is 57.8 cm³/mol. The Bertz CT molecular complexity index is 536. The maximum atomic E-state index is 12.7. The molecule has 1 unspecified atom stereocenters. The van der Waals surface area contributed by atoms with Crippen molar-refractivity contribution in [2.75, 3.05) is 0 Å². The third-order valence-electron chi connectivity index (χ3n) is 2.39. The van der Waals surface area contributed by atoms with Crippen molar-refractivity contribution in [2.24, 2.45) is 0 Å². The van der Waals surface area contributed by atoms with Gasteiger partial charge in [0.05, 0.1) is 0 Å². The summed E-state index contributed by atoms with van der Waals surface area (Å²) >= 11 is 0. The summed E-state index contributed by atoms with van der Waals surface area (Å²) in [5, 5.41) is 15.3. The van der Waals surface area contributed by atoms with Gasteiger partial charge in [0, 0.05) is 5.56 Å². The van der Waals surface area contributed by atoms with Gasteiger partial charge in [0.25, 0.3) is 0 Å². The number of benzene rings is 1. The van der Waals surface area contributed by atoms with E-state index in [4.69, 9.17) is 5.11 Å². The monoisotopic (exact) mass is 235 g/mol. The molecule has 0 saturated heterocycles. The van der Waals surface area contributed by atoms with Crippen molar-refractivity contribution in [3.63, 3.8) is 0 Å². The fourth-order valence-electron chi connectivity index (χ4n) is 1.31. The molecule has 0 aliphatic rings. The van der Waals surface area contributed by atoms with E-state index in [-0.39, 0.29) is 11.6 Å². The standard InChI is InChI=1S/C11H10FN3O2/c1-6(11(16)17)9-13-10(15-14-9)7-2-4-8(12)5-3-7/h2-6H,1H3,(H,16,17)(H,13,14,15). The van der Waals surface area contributed by atoms with Crippen LogP contribution in [0.3, 0.4) is 0 Å². The van der Waals surface area contributed by atoms with Crippen LogP contribution in [0.1, 0.15) is 18.7 Å². The SMILES string of the molecule is CC(C(=O)O)c1nc(-c2ccc(F)cc2)n[nH]1. The highest BCUT2D eigenvalue weighted by Crippen LogP contribution is 2.18. The first kappa shape index (κ1) is 11.3. The minimum Gasteiger partial charge on any atom is -0.481 e. The van der Waals surface area contributed by atoms with Crippen molar-refractivity contribution >= 4 is 5.97 Å². The summed E-state index contributed by atoms with van der Waals surface area (Å²) in [5.74, 6) is -1.45. The summed E-state index contributed by atoms with van der Waals surface area (Å²) in [6, 6.07) is 5.67. The Labute approximate surface area is 96.3 Å². The minimum absolute atomic E-state index is 0.275. The molecule has 17 heavy (non-hydrogen) atoms. The summed E-state index contributed by atoms with van der Waals surface area (Å²) < 4.78 is 12.7. The molecule has 1 atom stereocenters. The molecule has 6 heteroatoms. The lowest BCUT2D eigenvalue weighted by atomic mass is 10.2. The summed E-state index contributed by atoms with van der Waals surface area (Å²) in [7, 11) is 0. The number of halogens is 1. The van der Waals surface area contributed by atoms with E-state index in [0.29, 0.717) is 11.4 Å². The molecule has 2 aromatic rings. The van der Waals surface area contributed by atoms with E-state index in [2.05, 4.69) is 15.2 Å². The van der Waals surface area contributed by atoms with Crippen molar-refractivity contribution in [3.05, 3.63) is 35.9 Å². The van der Waals surface area contributed by atoms with E-state index < -0.39 is 11.9 Å². The third kappa shape index (κ3) is 2.30. The molecule has 0 aliphatic carbocycles. The molecule has 0 radical (unpaired) electrons. The van der Waals surface area contributed by atoms with Gasteiger partial charge >= 0.3 is 5.97 Å². The molecule has 0 amide bonds. The lowest BCUT2D eigenvalue weighted by molar-refractivity contribution is -0.138. The van der Waals surface area contributed by atoms with E-state index >= 15 is 0 Å². The van der Waals surface area contributed by atoms with Crippen molar-refractivity contribution < 1.29 is 14.3 Å². The number of carbonyl (C=O) groups is 1. The van der Waals surface area contributed by atoms with E-state index in [1.165, 1.54) is 31.2 Å². The molecule has 1 aromatic carbocycles. The Morgan fingerprint density at radius 3 is 2.65 bits per heavy atom. The first-order chi connectivity index (χ1) is 8.08. The number of rotatable bonds is 3. The quantitative estimate of drug-likeness (QED) is 0.850. The average Bonchev–Trinajstić information content (AvgIpc) is 2.78. The molecule has 0 saturated carbocycles. The number of nitrogens with zero attached hydrogens (tertiary/aromatic N) is 2. The van der Waals surface area contributed by atoms with Gasteiger partial charge in [-0.15, -0.1) is 0 Å². The normalized spacial score (nSPS) is 12.4. The minimum atomic E-state index is -0.980. The second-order valence-electron chi connectivity index (χ2n) is 3.61. The summed E-state index contributed by atoms with van der Waals surface area (Å²) in [5.41, 5.74) is 0.631. The topological polar surface area (TPSA) is 78.9 Å². The summed E-state index contributed by atoms with van der Waals surface area (Å²) in [6.07, 6.45) is 0. The Morgan fingerprint density at radius 1 is 1.41 bits per heavy atom. The molecular formula is C11H10FN3O2. The van der Waals surface area contributed by atoms with E-state index in [0.717, 1.165) is 0 Å². The highest BCUT2D eigenvalue weighted by atomic mass is 19.1. The van der Waals surface area contributed by atoms with Gasteiger partial charge in [-0.3, -0.25) is 9.89 Å². The number of hydrogen-bond acceptors (Lipinski definition) is 3. The number of carboxylic acids is 1. The lowest BCUT2D eigenvalue weighted by Gasteiger charge is -1.99. The van der Waals surface area contributed by atoms with Gasteiger partial charge in [0.2, 0.25) is 0 Å². The number of nitrogens with one attached hydrogen (secondary N) is 1. The van der Waals surface area contributed by atoms with E-state index in [1.54, 1.807) is 0 Å². The maximum absolute atomic E-state index is 12.7. The zero-order valence-electron chi connectivity index (χ0n) is 9.01. The van der Waals surface area contributed by atoms with Crippen LogP contribution in [0.15, 0.2) is 24.3 Å². The maximum Gasteiger partial charge on any atom is 0.313 e.